The molecule has 0 unspecified atom stereocenters. The maximum absolute atomic E-state index is 3.71. The van der Waals surface area contributed by atoms with Crippen LogP contribution in [0.25, 0.3) is 0 Å². The standard InChI is InChI=1S/Au.Cu.Ni.S. The molecule has 38 valence electrons. The number of rotatable bonds is 0. The van der Waals surface area contributed by atoms with Gasteiger partial charge in [-0.05, 0) is 0 Å². The van der Waals surface area contributed by atoms with E-state index in [-0.39, 0.29) is 39.4 Å². The molecule has 0 aromatic carbocycles. The van der Waals surface area contributed by atoms with Crippen molar-refractivity contribution in [1.29, 1.82) is 0 Å². The molecular weight excluding hydrogens is 351 g/mol. The van der Waals surface area contributed by atoms with Crippen molar-refractivity contribution < 1.29 is 53.3 Å². The van der Waals surface area contributed by atoms with Gasteiger partial charge < -0.3 is 0 Å². The van der Waals surface area contributed by atoms with E-state index in [1.54, 1.807) is 0 Å². The van der Waals surface area contributed by atoms with E-state index in [2.05, 4.69) is 24.5 Å². The van der Waals surface area contributed by atoms with E-state index in [1.807, 2.05) is 0 Å². The molecule has 4 heavy (non-hydrogen) atoms. The first-order chi connectivity index (χ1) is 1.00. The molecule has 0 aliphatic rings. The monoisotopic (exact) mass is 350 g/mol. The van der Waals surface area contributed by atoms with E-state index < -0.39 is 0 Å². The summed E-state index contributed by atoms with van der Waals surface area (Å²) < 4.78 is 0. The summed E-state index contributed by atoms with van der Waals surface area (Å²) in [5, 5.41) is 0. The fraction of sp³-hybridized carbons (Fsp3) is 0. The van der Waals surface area contributed by atoms with Crippen LogP contribution >= 0.6 is 10.7 Å². The summed E-state index contributed by atoms with van der Waals surface area (Å²) in [6.07, 6.45) is 0. The molecule has 4 heteroatoms. The molecule has 0 bridgehead atoms. The second-order valence-corrected chi connectivity index (χ2v) is 0. The van der Waals surface area contributed by atoms with Crippen LogP contribution in [0.2, 0.25) is 0 Å². The first-order valence-corrected chi connectivity index (χ1v) is 1.60. The molecule has 0 heterocycles. The van der Waals surface area contributed by atoms with Gasteiger partial charge in [0.2, 0.25) is 0 Å². The molecule has 0 aliphatic carbocycles. The van der Waals surface area contributed by atoms with Crippen molar-refractivity contribution in [2.45, 2.75) is 0 Å². The Kier molecular flexibility index (Phi) is 84.2. The van der Waals surface area contributed by atoms with Gasteiger partial charge in [-0.2, -0.15) is 0 Å². The zero-order valence-electron chi connectivity index (χ0n) is 1.33. The molecule has 0 aromatic heterocycles. The summed E-state index contributed by atoms with van der Waals surface area (Å²) >= 11 is 3.46. The van der Waals surface area contributed by atoms with Crippen molar-refractivity contribution in [3.05, 3.63) is 0 Å². The molecule has 0 spiro atoms. The molecule has 0 rings (SSSR count). The Hall–Kier alpha value is 1.97. The van der Waals surface area contributed by atoms with E-state index in [4.69, 9.17) is 0 Å². The van der Waals surface area contributed by atoms with Gasteiger partial charge in [0.15, 0.2) is 0 Å². The quantitative estimate of drug-likeness (QED) is 0.578. The molecule has 0 fully saturated rings. The molecule has 0 saturated carbocycles. The van der Waals surface area contributed by atoms with Gasteiger partial charge in [-0.1, -0.05) is 0 Å². The average Bonchev–Trinajstić information content (AvgIpc) is 1.00. The fourth-order valence-electron chi connectivity index (χ4n) is 0. The minimum atomic E-state index is 0. The topological polar surface area (TPSA) is 0 Å². The van der Waals surface area contributed by atoms with Gasteiger partial charge in [-0.15, -0.1) is 0 Å². The summed E-state index contributed by atoms with van der Waals surface area (Å²) in [4.78, 5) is 0. The second-order valence-electron chi connectivity index (χ2n) is 0. The third-order valence-electron chi connectivity index (χ3n) is 0. The van der Waals surface area contributed by atoms with Crippen LogP contribution in [0, 0.1) is 0 Å². The summed E-state index contributed by atoms with van der Waals surface area (Å²) in [7, 11) is 3.71. The van der Waals surface area contributed by atoms with Crippen molar-refractivity contribution in [2.24, 2.45) is 0 Å². The third kappa shape index (κ3) is 9.02. The molecular formula is AuCuNiS. The first kappa shape index (κ1) is 16.7. The Balaban J connectivity index is -0.00000000500. The van der Waals surface area contributed by atoms with Gasteiger partial charge >= 0.3 is 24.5 Å². The zero-order chi connectivity index (χ0) is 2.00. The van der Waals surface area contributed by atoms with Gasteiger partial charge in [-0.3, -0.25) is 0 Å². The van der Waals surface area contributed by atoms with Crippen LogP contribution in [0.15, 0.2) is 0 Å². The minimum absolute atomic E-state index is 0. The van der Waals surface area contributed by atoms with Crippen molar-refractivity contribution in [3.63, 3.8) is 0 Å². The molecule has 0 nitrogen and oxygen atoms in total. The van der Waals surface area contributed by atoms with Crippen molar-refractivity contribution in [1.82, 2.24) is 0 Å². The van der Waals surface area contributed by atoms with Gasteiger partial charge in [0.1, 0.15) is 0 Å². The van der Waals surface area contributed by atoms with Crippen LogP contribution in [0.3, 0.4) is 0 Å². The summed E-state index contributed by atoms with van der Waals surface area (Å²) in [6.45, 7) is 0. The Morgan fingerprint density at radius 2 is 1.25 bits per heavy atom. The van der Waals surface area contributed by atoms with E-state index in [0.29, 0.717) is 0 Å². The van der Waals surface area contributed by atoms with E-state index in [1.165, 1.54) is 0 Å². The predicted octanol–water partition coefficient (Wildman–Crippen LogP) is 0.641. The van der Waals surface area contributed by atoms with Crippen molar-refractivity contribution in [3.8, 4) is 0 Å². The van der Waals surface area contributed by atoms with Crippen LogP contribution in [-0.4, -0.2) is 0 Å². The zero-order valence-corrected chi connectivity index (χ0v) is 6.24. The molecule has 0 saturated heterocycles. The third-order valence-corrected chi connectivity index (χ3v) is 0. The van der Waals surface area contributed by atoms with Gasteiger partial charge in [-0.25, -0.2) is 0 Å². The molecule has 0 aliphatic heterocycles. The van der Waals surface area contributed by atoms with E-state index in [0.717, 1.165) is 0 Å². The van der Waals surface area contributed by atoms with E-state index >= 15 is 0 Å². The Labute approximate surface area is 63.4 Å². The van der Waals surface area contributed by atoms with Crippen molar-refractivity contribution in [2.75, 3.05) is 0 Å². The van der Waals surface area contributed by atoms with Crippen LogP contribution in [-0.2, 0) is 53.3 Å². The summed E-state index contributed by atoms with van der Waals surface area (Å²) in [5.41, 5.74) is 0. The van der Waals surface area contributed by atoms with Crippen LogP contribution in [0.5, 0.6) is 0 Å². The molecule has 0 N–H and O–H groups in total. The SMILES string of the molecule is [Au].[Cu].[S]=[Ni]. The van der Waals surface area contributed by atoms with Crippen LogP contribution in [0.1, 0.15) is 0 Å². The summed E-state index contributed by atoms with van der Waals surface area (Å²) in [5.74, 6) is 0. The predicted molar refractivity (Wildman–Crippen MR) is 7.59 cm³/mol. The van der Waals surface area contributed by atoms with Gasteiger partial charge in [0.05, 0.1) is 0 Å². The first-order valence-electron chi connectivity index (χ1n) is 0.129. The van der Waals surface area contributed by atoms with Gasteiger partial charge in [0.25, 0.3) is 0 Å². The van der Waals surface area contributed by atoms with Crippen molar-refractivity contribution >= 4 is 10.7 Å². The van der Waals surface area contributed by atoms with Crippen LogP contribution < -0.4 is 0 Å². The molecule has 2 radical (unpaired) electrons. The normalized spacial score (nSPS) is 1.50. The molecule has 0 atom stereocenters. The Bertz CT molecular complexity index is 8.00. The number of hydrogen-bond donors (Lipinski definition) is 0. The van der Waals surface area contributed by atoms with Gasteiger partial charge in [0, 0.05) is 39.4 Å². The second kappa shape index (κ2) is 20.2. The van der Waals surface area contributed by atoms with Crippen LogP contribution in [0.4, 0.5) is 0 Å². The molecule has 0 amide bonds. The number of hydrogen-bond acceptors (Lipinski definition) is 1. The summed E-state index contributed by atoms with van der Waals surface area (Å²) in [6, 6.07) is 0. The average molecular weight is 351 g/mol. The Morgan fingerprint density at radius 1 is 1.25 bits per heavy atom. The maximum atomic E-state index is 3.71. The molecule has 0 aromatic rings. The fourth-order valence-corrected chi connectivity index (χ4v) is 0. The Morgan fingerprint density at radius 3 is 1.25 bits per heavy atom. The van der Waals surface area contributed by atoms with E-state index in [9.17, 15) is 0 Å².